The summed E-state index contributed by atoms with van der Waals surface area (Å²) >= 11 is 0. The number of amides is 2. The number of rotatable bonds is 7. The number of ether oxygens (including phenoxy) is 1. The predicted molar refractivity (Wildman–Crippen MR) is 127 cm³/mol. The minimum absolute atomic E-state index is 0.0814. The Morgan fingerprint density at radius 2 is 2.09 bits per heavy atom. The van der Waals surface area contributed by atoms with Gasteiger partial charge >= 0.3 is 0 Å². The first-order valence-electron chi connectivity index (χ1n) is 12.5. The zero-order chi connectivity index (χ0) is 27.2. The molecule has 13 nitrogen and oxygen atoms in total. The maximum atomic E-state index is 12.8. The van der Waals surface area contributed by atoms with Crippen molar-refractivity contribution in [3.63, 3.8) is 0 Å². The summed E-state index contributed by atoms with van der Waals surface area (Å²) in [6.07, 6.45) is 3.17. The highest BCUT2D eigenvalue weighted by atomic mass is 16.5. The Labute approximate surface area is 205 Å². The number of carbonyl (C=O) groups is 2. The molecule has 2 aliphatic rings. The zero-order valence-electron chi connectivity index (χ0n) is 22.4. The molecule has 0 unspecified atom stereocenters. The van der Waals surface area contributed by atoms with Gasteiger partial charge in [0.1, 0.15) is 11.4 Å². The molecule has 1 atom stereocenters. The van der Waals surface area contributed by atoms with Crippen molar-refractivity contribution >= 4 is 34.8 Å². The molecule has 0 radical (unpaired) electrons. The molecule has 1 fully saturated rings. The van der Waals surface area contributed by atoms with Crippen LogP contribution in [0.5, 0.6) is 0 Å². The van der Waals surface area contributed by atoms with E-state index >= 15 is 0 Å². The monoisotopic (exact) mass is 481 g/mol. The number of nitrogens with one attached hydrogen (secondary N) is 3. The minimum atomic E-state index is -2.74. The summed E-state index contributed by atoms with van der Waals surface area (Å²) in [5.74, 6) is -0.787. The third-order valence-corrected chi connectivity index (χ3v) is 5.95. The summed E-state index contributed by atoms with van der Waals surface area (Å²) in [6, 6.07) is 2.96. The van der Waals surface area contributed by atoms with E-state index in [-0.39, 0.29) is 35.1 Å². The molecule has 3 aromatic rings. The molecule has 0 spiro atoms. The maximum Gasteiger partial charge on any atom is 0.273 e. The normalized spacial score (nSPS) is 18.0. The predicted octanol–water partition coefficient (Wildman–Crippen LogP) is 1.26. The molecule has 0 saturated heterocycles. The van der Waals surface area contributed by atoms with E-state index in [0.717, 1.165) is 24.1 Å². The second-order valence-corrected chi connectivity index (χ2v) is 8.40. The number of fused-ring (bicyclic) bond motifs is 3. The number of likely N-dealkylation sites (N-methyl/N-ethyl adjacent to an activating group) is 1. The topological polar surface area (TPSA) is 152 Å². The lowest BCUT2D eigenvalue weighted by Crippen LogP contribution is -2.32. The lowest BCUT2D eigenvalue weighted by molar-refractivity contribution is -0.117. The minimum Gasteiger partial charge on any atom is -0.382 e. The van der Waals surface area contributed by atoms with Crippen LogP contribution in [0.3, 0.4) is 0 Å². The molecule has 13 heteroatoms. The van der Waals surface area contributed by atoms with Crippen molar-refractivity contribution in [2.45, 2.75) is 18.9 Å². The van der Waals surface area contributed by atoms with Gasteiger partial charge < -0.3 is 25.6 Å². The lowest BCUT2D eigenvalue weighted by Gasteiger charge is -2.35. The van der Waals surface area contributed by atoms with Crippen LogP contribution in [0.2, 0.25) is 0 Å². The lowest BCUT2D eigenvalue weighted by atomic mass is 9.98. The fraction of sp³-hybridized carbons (Fsp3) is 0.409. The number of nitrogens with zero attached hydrogens (tertiary/aromatic N) is 7. The van der Waals surface area contributed by atoms with Crippen LogP contribution in [0, 0.1) is 5.92 Å². The van der Waals surface area contributed by atoms with Gasteiger partial charge in [-0.1, -0.05) is 0 Å². The second kappa shape index (κ2) is 8.91. The number of hydrogen-bond donors (Lipinski definition) is 3. The molecule has 1 aliphatic carbocycles. The molecule has 0 aromatic carbocycles. The average molecular weight is 482 g/mol. The van der Waals surface area contributed by atoms with Crippen molar-refractivity contribution in [3.8, 4) is 11.3 Å². The quantitative estimate of drug-likeness (QED) is 0.449. The van der Waals surface area contributed by atoms with E-state index in [9.17, 15) is 9.59 Å². The molecule has 2 amide bonds. The Morgan fingerprint density at radius 3 is 2.83 bits per heavy atom. The van der Waals surface area contributed by atoms with Gasteiger partial charge in [-0.3, -0.25) is 9.59 Å². The van der Waals surface area contributed by atoms with Crippen molar-refractivity contribution < 1.29 is 18.4 Å². The zero-order valence-corrected chi connectivity index (χ0v) is 19.4. The van der Waals surface area contributed by atoms with Crippen LogP contribution in [-0.2, 0) is 16.6 Å². The van der Waals surface area contributed by atoms with Gasteiger partial charge in [-0.2, -0.15) is 15.0 Å². The van der Waals surface area contributed by atoms with Gasteiger partial charge in [0.25, 0.3) is 5.91 Å². The summed E-state index contributed by atoms with van der Waals surface area (Å²) < 4.78 is 27.7. The number of hydrogen-bond acceptors (Lipinski definition) is 10. The van der Waals surface area contributed by atoms with E-state index in [4.69, 9.17) is 8.85 Å². The molecular weight excluding hydrogens is 452 g/mol. The highest BCUT2D eigenvalue weighted by Gasteiger charge is 2.35. The van der Waals surface area contributed by atoms with Crippen molar-refractivity contribution in [2.75, 3.05) is 43.3 Å². The van der Waals surface area contributed by atoms with Crippen molar-refractivity contribution in [2.24, 2.45) is 13.0 Å². The standard InChI is InChI=1S/C22H26N10O3/c1-23-22(34)17-13(9-15(27-28-17)26-21(33)11-5-6-11)25-20-19-12(7-8-24-20)16-18(30-32(3)29-16)14(10-35-4)31(19)2/h7-9,11,14H,5-6,10H2,1-4H3,(H,23,34)(H2,24,25,26,27,33)/t14-/m0/s1/i1D3. The first-order chi connectivity index (χ1) is 18.1. The van der Waals surface area contributed by atoms with Crippen LogP contribution in [0.1, 0.15) is 39.2 Å². The molecule has 3 aromatic heterocycles. The highest BCUT2D eigenvalue weighted by molar-refractivity contribution is 6.00. The molecule has 0 bridgehead atoms. The summed E-state index contributed by atoms with van der Waals surface area (Å²) in [5.41, 5.74) is 2.64. The van der Waals surface area contributed by atoms with Gasteiger partial charge in [0.2, 0.25) is 5.91 Å². The number of pyridine rings is 1. The van der Waals surface area contributed by atoms with E-state index < -0.39 is 12.9 Å². The van der Waals surface area contributed by atoms with Crippen LogP contribution in [-0.4, -0.2) is 69.7 Å². The largest absolute Gasteiger partial charge is 0.382 e. The first-order valence-corrected chi connectivity index (χ1v) is 11.0. The van der Waals surface area contributed by atoms with Crippen molar-refractivity contribution in [1.29, 1.82) is 0 Å². The van der Waals surface area contributed by atoms with E-state index in [0.29, 0.717) is 23.8 Å². The number of aryl methyl sites for hydroxylation is 1. The van der Waals surface area contributed by atoms with Gasteiger partial charge in [0.05, 0.1) is 24.0 Å². The summed E-state index contributed by atoms with van der Waals surface area (Å²) in [7, 11) is 5.19. The number of aromatic nitrogens is 6. The average Bonchev–Trinajstić information content (AvgIpc) is 3.62. The SMILES string of the molecule is [2H]C([2H])([2H])NC(=O)c1nnc(NC(=O)C2CC2)cc1Nc1nccc2c1N(C)[C@@H](COC)c1nn(C)nc1-2. The Morgan fingerprint density at radius 1 is 1.26 bits per heavy atom. The van der Waals surface area contributed by atoms with Crippen molar-refractivity contribution in [1.82, 2.24) is 35.5 Å². The summed E-state index contributed by atoms with van der Waals surface area (Å²) in [5, 5.41) is 24.6. The van der Waals surface area contributed by atoms with Gasteiger partial charge in [0.15, 0.2) is 17.3 Å². The van der Waals surface area contributed by atoms with Crippen LogP contribution >= 0.6 is 0 Å². The van der Waals surface area contributed by atoms with Crippen LogP contribution in [0.15, 0.2) is 18.3 Å². The summed E-state index contributed by atoms with van der Waals surface area (Å²) in [6.45, 7) is -2.41. The van der Waals surface area contributed by atoms with Crippen LogP contribution in [0.4, 0.5) is 23.0 Å². The van der Waals surface area contributed by atoms with Crippen molar-refractivity contribution in [3.05, 3.63) is 29.7 Å². The smallest absolute Gasteiger partial charge is 0.273 e. The summed E-state index contributed by atoms with van der Waals surface area (Å²) in [4.78, 5) is 33.0. The Bertz CT molecular complexity index is 1410. The number of carbonyl (C=O) groups excluding carboxylic acids is 2. The Kier molecular flexibility index (Phi) is 4.89. The number of methoxy groups -OCH3 is 1. The highest BCUT2D eigenvalue weighted by Crippen LogP contribution is 2.46. The molecule has 1 aliphatic heterocycles. The molecule has 3 N–H and O–H groups in total. The third kappa shape index (κ3) is 4.14. The molecule has 1 saturated carbocycles. The fourth-order valence-corrected chi connectivity index (χ4v) is 4.10. The molecule has 5 rings (SSSR count). The number of anilines is 4. The fourth-order valence-electron chi connectivity index (χ4n) is 4.10. The Hall–Kier alpha value is -4.13. The van der Waals surface area contributed by atoms with E-state index in [1.807, 2.05) is 23.3 Å². The van der Waals surface area contributed by atoms with E-state index in [1.165, 1.54) is 10.9 Å². The van der Waals surface area contributed by atoms with Crippen LogP contribution in [0.25, 0.3) is 11.3 Å². The second-order valence-electron chi connectivity index (χ2n) is 8.40. The van der Waals surface area contributed by atoms with Gasteiger partial charge in [0, 0.05) is 56.0 Å². The van der Waals surface area contributed by atoms with Gasteiger partial charge in [-0.05, 0) is 18.9 Å². The van der Waals surface area contributed by atoms with E-state index in [1.54, 1.807) is 20.4 Å². The molecule has 182 valence electrons. The molecular formula is C22H26N10O3. The van der Waals surface area contributed by atoms with E-state index in [2.05, 4.69) is 36.0 Å². The first kappa shape index (κ1) is 19.2. The Balaban J connectivity index is 1.57. The van der Waals surface area contributed by atoms with Gasteiger partial charge in [-0.15, -0.1) is 10.2 Å². The maximum absolute atomic E-state index is 12.8. The van der Waals surface area contributed by atoms with Crippen LogP contribution < -0.4 is 20.9 Å². The third-order valence-electron chi connectivity index (χ3n) is 5.95. The molecule has 35 heavy (non-hydrogen) atoms. The van der Waals surface area contributed by atoms with Gasteiger partial charge in [-0.25, -0.2) is 4.98 Å². The molecule has 4 heterocycles.